The average molecular weight is 546 g/mol. The number of halogens is 6. The highest BCUT2D eigenvalue weighted by Gasteiger charge is 2.54. The van der Waals surface area contributed by atoms with E-state index in [1.54, 1.807) is 0 Å². The summed E-state index contributed by atoms with van der Waals surface area (Å²) in [5.74, 6) is -6.51. The van der Waals surface area contributed by atoms with Gasteiger partial charge in [-0.05, 0) is 0 Å². The van der Waals surface area contributed by atoms with Crippen molar-refractivity contribution in [2.75, 3.05) is 6.61 Å². The molecular weight excluding hydrogens is 528 g/mol. The predicted molar refractivity (Wildman–Crippen MR) is 103 cm³/mol. The number of carbonyl (C=O) groups excluding carboxylic acids is 4. The summed E-state index contributed by atoms with van der Waals surface area (Å²) in [6, 6.07) is -2.03. The maximum atomic E-state index is 12.9. The minimum atomic E-state index is -5.40. The lowest BCUT2D eigenvalue weighted by molar-refractivity contribution is -0.262. The van der Waals surface area contributed by atoms with Gasteiger partial charge in [0, 0.05) is 20.8 Å². The van der Waals surface area contributed by atoms with Crippen LogP contribution in [0.2, 0.25) is 0 Å². The van der Waals surface area contributed by atoms with Crippen molar-refractivity contribution in [3.05, 3.63) is 0 Å². The Morgan fingerprint density at radius 2 is 1.45 bits per heavy atom. The van der Waals surface area contributed by atoms with Crippen molar-refractivity contribution >= 4 is 64.5 Å². The Hall–Kier alpha value is -2.03. The average Bonchev–Trinajstić information content (AvgIpc) is 2.62. The van der Waals surface area contributed by atoms with E-state index in [2.05, 4.69) is 0 Å². The normalized spacial score (nSPS) is 25.4. The van der Waals surface area contributed by atoms with Crippen LogP contribution in [-0.2, 0) is 42.9 Å². The molecule has 2 N–H and O–H groups in total. The number of ether oxygens (including phenoxy) is 5. The number of hydrogen-bond acceptors (Lipinski definition) is 10. The Morgan fingerprint density at radius 3 is 1.88 bits per heavy atom. The summed E-state index contributed by atoms with van der Waals surface area (Å²) in [7, 11) is 0. The maximum Gasteiger partial charge on any atom is 0.471 e. The molecular formula is C16H18Cl3F3N2O9. The Morgan fingerprint density at radius 1 is 0.939 bits per heavy atom. The third-order valence-electron chi connectivity index (χ3n) is 3.75. The Bertz CT molecular complexity index is 791. The second kappa shape index (κ2) is 11.4. The highest BCUT2D eigenvalue weighted by molar-refractivity contribution is 6.76. The van der Waals surface area contributed by atoms with Gasteiger partial charge in [-0.25, -0.2) is 0 Å². The van der Waals surface area contributed by atoms with Crippen LogP contribution in [0.25, 0.3) is 0 Å². The number of amides is 1. The zero-order chi connectivity index (χ0) is 25.7. The second-order valence-electron chi connectivity index (χ2n) is 6.44. The fourth-order valence-corrected chi connectivity index (χ4v) is 2.71. The molecule has 0 aromatic rings. The van der Waals surface area contributed by atoms with E-state index in [1.165, 1.54) is 5.32 Å². The van der Waals surface area contributed by atoms with Crippen molar-refractivity contribution in [2.45, 2.75) is 61.4 Å². The Kier molecular flexibility index (Phi) is 10.0. The van der Waals surface area contributed by atoms with E-state index < -0.39 is 76.9 Å². The van der Waals surface area contributed by atoms with Crippen LogP contribution >= 0.6 is 34.8 Å². The molecule has 1 unspecified atom stereocenters. The van der Waals surface area contributed by atoms with Gasteiger partial charge < -0.3 is 29.0 Å². The van der Waals surface area contributed by atoms with Crippen molar-refractivity contribution in [3.63, 3.8) is 0 Å². The van der Waals surface area contributed by atoms with E-state index >= 15 is 0 Å². The van der Waals surface area contributed by atoms with Gasteiger partial charge in [-0.2, -0.15) is 13.2 Å². The van der Waals surface area contributed by atoms with Gasteiger partial charge in [0.2, 0.25) is 12.2 Å². The molecule has 0 radical (unpaired) electrons. The van der Waals surface area contributed by atoms with Gasteiger partial charge in [0.1, 0.15) is 18.8 Å². The fourth-order valence-electron chi connectivity index (χ4n) is 2.57. The quantitative estimate of drug-likeness (QED) is 0.167. The number of nitrogens with one attached hydrogen (secondary N) is 2. The van der Waals surface area contributed by atoms with Crippen molar-refractivity contribution < 1.29 is 56.0 Å². The first-order valence-electron chi connectivity index (χ1n) is 8.76. The molecule has 0 aliphatic carbocycles. The molecule has 1 saturated heterocycles. The molecule has 1 aliphatic heterocycles. The molecule has 1 rings (SSSR count). The molecule has 1 heterocycles. The van der Waals surface area contributed by atoms with Crippen molar-refractivity contribution in [2.24, 2.45) is 0 Å². The summed E-state index contributed by atoms with van der Waals surface area (Å²) < 4.78 is 61.4. The van der Waals surface area contributed by atoms with Crippen LogP contribution in [-0.4, -0.2) is 76.9 Å². The van der Waals surface area contributed by atoms with E-state index in [9.17, 15) is 32.3 Å². The van der Waals surface area contributed by atoms with Gasteiger partial charge in [-0.15, -0.1) is 0 Å². The van der Waals surface area contributed by atoms with Gasteiger partial charge in [0.25, 0.3) is 3.79 Å². The van der Waals surface area contributed by atoms with Crippen LogP contribution in [0.1, 0.15) is 20.8 Å². The van der Waals surface area contributed by atoms with Gasteiger partial charge >= 0.3 is 30.0 Å². The highest BCUT2D eigenvalue weighted by atomic mass is 35.6. The summed E-state index contributed by atoms with van der Waals surface area (Å²) >= 11 is 16.6. The zero-order valence-electron chi connectivity index (χ0n) is 17.0. The van der Waals surface area contributed by atoms with Crippen molar-refractivity contribution in [3.8, 4) is 0 Å². The fraction of sp³-hybridized carbons (Fsp3) is 0.688. The predicted octanol–water partition coefficient (Wildman–Crippen LogP) is 1.55. The molecule has 1 fully saturated rings. The molecule has 0 aromatic heterocycles. The molecule has 0 aromatic carbocycles. The summed E-state index contributed by atoms with van der Waals surface area (Å²) in [6.07, 6.45) is -12.5. The molecule has 0 bridgehead atoms. The lowest BCUT2D eigenvalue weighted by Crippen LogP contribution is -2.68. The number of rotatable bonds is 6. The Balaban J connectivity index is 3.50. The summed E-state index contributed by atoms with van der Waals surface area (Å²) in [5, 5.41) is 9.16. The van der Waals surface area contributed by atoms with E-state index in [0.29, 0.717) is 0 Å². The van der Waals surface area contributed by atoms with Gasteiger partial charge in [0.05, 0.1) is 0 Å². The molecule has 188 valence electrons. The SMILES string of the molecule is CC(=O)OC[C@H]1OC(OC(=N)C(Cl)(Cl)Cl)[C@H](NC(=O)C(F)(F)F)[C@@H](OC(C)=O)[C@@H]1OC(C)=O. The van der Waals surface area contributed by atoms with E-state index in [-0.39, 0.29) is 0 Å². The first-order chi connectivity index (χ1) is 14.9. The second-order valence-corrected chi connectivity index (χ2v) is 8.72. The zero-order valence-corrected chi connectivity index (χ0v) is 19.3. The lowest BCUT2D eigenvalue weighted by atomic mass is 9.96. The molecule has 0 spiro atoms. The molecule has 11 nitrogen and oxygen atoms in total. The van der Waals surface area contributed by atoms with Gasteiger partial charge in [0.15, 0.2) is 12.2 Å². The highest BCUT2D eigenvalue weighted by Crippen LogP contribution is 2.33. The molecule has 0 saturated carbocycles. The van der Waals surface area contributed by atoms with E-state index in [0.717, 1.165) is 20.8 Å². The summed E-state index contributed by atoms with van der Waals surface area (Å²) in [4.78, 5) is 46.1. The minimum Gasteiger partial charge on any atom is -0.463 e. The largest absolute Gasteiger partial charge is 0.471 e. The number of hydrogen-bond donors (Lipinski definition) is 2. The number of alkyl halides is 6. The summed E-state index contributed by atoms with van der Waals surface area (Å²) in [6.45, 7) is 2.17. The molecule has 5 atom stereocenters. The lowest BCUT2D eigenvalue weighted by Gasteiger charge is -2.45. The summed E-state index contributed by atoms with van der Waals surface area (Å²) in [5.41, 5.74) is 0. The van der Waals surface area contributed by atoms with Crippen molar-refractivity contribution in [1.29, 1.82) is 5.41 Å². The van der Waals surface area contributed by atoms with E-state index in [1.807, 2.05) is 0 Å². The minimum absolute atomic E-state index is 0.661. The molecule has 17 heteroatoms. The third kappa shape index (κ3) is 9.02. The molecule has 1 amide bonds. The first-order valence-corrected chi connectivity index (χ1v) is 9.90. The number of carbonyl (C=O) groups is 4. The van der Waals surface area contributed by atoms with Crippen LogP contribution < -0.4 is 5.32 Å². The van der Waals surface area contributed by atoms with Gasteiger partial charge in [-0.3, -0.25) is 24.6 Å². The maximum absolute atomic E-state index is 12.9. The van der Waals surface area contributed by atoms with Crippen LogP contribution in [0, 0.1) is 5.41 Å². The van der Waals surface area contributed by atoms with Crippen LogP contribution in [0.5, 0.6) is 0 Å². The van der Waals surface area contributed by atoms with Crippen LogP contribution in [0.3, 0.4) is 0 Å². The topological polar surface area (TPSA) is 150 Å². The standard InChI is InChI=1S/C16H18Cl3F3N2O9/c1-5(25)29-4-8-10(30-6(2)26)11(31-7(3)27)9(24-14(28)16(20,21)22)12(32-8)33-13(23)15(17,18)19/h8-12,23H,4H2,1-3H3,(H,24,28)/t8-,9-,10-,11-,12?/m1/s1. The number of esters is 3. The first kappa shape index (κ1) is 29.0. The third-order valence-corrected chi connectivity index (χ3v) is 4.26. The van der Waals surface area contributed by atoms with Crippen LogP contribution in [0.4, 0.5) is 13.2 Å². The smallest absolute Gasteiger partial charge is 0.463 e. The monoisotopic (exact) mass is 544 g/mol. The molecule has 33 heavy (non-hydrogen) atoms. The Labute approximate surface area is 199 Å². The molecule has 1 aliphatic rings. The van der Waals surface area contributed by atoms with Gasteiger partial charge in [-0.1, -0.05) is 34.8 Å². The van der Waals surface area contributed by atoms with Crippen molar-refractivity contribution in [1.82, 2.24) is 5.32 Å². The van der Waals surface area contributed by atoms with E-state index in [4.69, 9.17) is 63.9 Å². The van der Waals surface area contributed by atoms with Crippen LogP contribution in [0.15, 0.2) is 0 Å².